The Hall–Kier alpha value is -1.52. The third kappa shape index (κ3) is 3.60. The average molecular weight is 178 g/mol. The molecule has 66 valence electrons. The lowest BCUT2D eigenvalue weighted by molar-refractivity contribution is -0.122. The zero-order chi connectivity index (χ0) is 9.56. The zero-order valence-electron chi connectivity index (χ0n) is 5.80. The molecule has 0 heterocycles. The van der Waals surface area contributed by atoms with Gasteiger partial charge in [-0.3, -0.25) is 4.79 Å². The van der Waals surface area contributed by atoms with Crippen LogP contribution in [0.4, 0.5) is 13.2 Å². The maximum atomic E-state index is 12.0. The van der Waals surface area contributed by atoms with Crippen LogP contribution in [0.25, 0.3) is 0 Å². The summed E-state index contributed by atoms with van der Waals surface area (Å²) in [5, 5.41) is 6.89. The molecule has 0 saturated carbocycles. The Morgan fingerprint density at radius 1 is 1.17 bits per heavy atom. The molecule has 1 aromatic carbocycles. The highest BCUT2D eigenvalue weighted by Crippen LogP contribution is 2.05. The fourth-order valence-corrected chi connectivity index (χ4v) is 0.470. The van der Waals surface area contributed by atoms with Gasteiger partial charge in [-0.05, 0) is 12.1 Å². The monoisotopic (exact) mass is 178 g/mol. The van der Waals surface area contributed by atoms with E-state index in [2.05, 4.69) is 0 Å². The van der Waals surface area contributed by atoms with Crippen LogP contribution in [0.2, 0.25) is 0 Å². The summed E-state index contributed by atoms with van der Waals surface area (Å²) in [4.78, 5) is 8.36. The molecule has 0 aliphatic carbocycles. The Balaban J connectivity index is 0.000000354. The number of hydrogen-bond donors (Lipinski definition) is 1. The van der Waals surface area contributed by atoms with E-state index in [1.54, 1.807) is 0 Å². The fourth-order valence-electron chi connectivity index (χ4n) is 0.470. The molecule has 0 aliphatic heterocycles. The first-order chi connectivity index (χ1) is 5.61. The van der Waals surface area contributed by atoms with Crippen LogP contribution >= 0.6 is 0 Å². The molecule has 0 spiro atoms. The second kappa shape index (κ2) is 5.17. The highest BCUT2D eigenvalue weighted by atomic mass is 19.2. The van der Waals surface area contributed by atoms with Crippen molar-refractivity contribution in [2.45, 2.75) is 0 Å². The molecule has 0 atom stereocenters. The molecule has 0 aliphatic rings. The van der Waals surface area contributed by atoms with E-state index < -0.39 is 17.5 Å². The Morgan fingerprint density at radius 2 is 1.67 bits per heavy atom. The van der Waals surface area contributed by atoms with Gasteiger partial charge in [-0.1, -0.05) is 0 Å². The van der Waals surface area contributed by atoms with E-state index in [0.717, 1.165) is 12.1 Å². The van der Waals surface area contributed by atoms with Crippen LogP contribution < -0.4 is 0 Å². The maximum Gasteiger partial charge on any atom is 0.290 e. The average Bonchev–Trinajstić information content (AvgIpc) is 1.99. The summed E-state index contributed by atoms with van der Waals surface area (Å²) in [7, 11) is 0. The lowest BCUT2D eigenvalue weighted by atomic mass is 10.3. The minimum Gasteiger partial charge on any atom is -0.483 e. The molecular weight excluding hydrogens is 173 g/mol. The van der Waals surface area contributed by atoms with Crippen molar-refractivity contribution in [1.29, 1.82) is 0 Å². The van der Waals surface area contributed by atoms with Crippen molar-refractivity contribution in [2.24, 2.45) is 0 Å². The van der Waals surface area contributed by atoms with E-state index in [4.69, 9.17) is 9.90 Å². The fraction of sp³-hybridized carbons (Fsp3) is 0. The quantitative estimate of drug-likeness (QED) is 0.485. The lowest BCUT2D eigenvalue weighted by Gasteiger charge is -1.88. The van der Waals surface area contributed by atoms with Gasteiger partial charge >= 0.3 is 0 Å². The van der Waals surface area contributed by atoms with Crippen LogP contribution in [-0.2, 0) is 4.79 Å². The van der Waals surface area contributed by atoms with E-state index in [1.807, 2.05) is 0 Å². The van der Waals surface area contributed by atoms with Gasteiger partial charge in [0.05, 0.1) is 0 Å². The Labute approximate surface area is 66.3 Å². The SMILES string of the molecule is Fc1ccc(F)c(F)c1.O=CO. The largest absolute Gasteiger partial charge is 0.483 e. The van der Waals surface area contributed by atoms with Gasteiger partial charge in [0.2, 0.25) is 0 Å². The maximum absolute atomic E-state index is 12.0. The topological polar surface area (TPSA) is 37.3 Å². The highest BCUT2D eigenvalue weighted by molar-refractivity contribution is 5.32. The predicted octanol–water partition coefficient (Wildman–Crippen LogP) is 1.80. The van der Waals surface area contributed by atoms with Crippen molar-refractivity contribution in [3.8, 4) is 0 Å². The van der Waals surface area contributed by atoms with Gasteiger partial charge in [0.1, 0.15) is 5.82 Å². The standard InChI is InChI=1S/C6H3F3.CH2O2/c7-4-1-2-5(8)6(9)3-4;2-1-3/h1-3H;1H,(H,2,3). The zero-order valence-corrected chi connectivity index (χ0v) is 5.80. The molecule has 0 amide bonds. The summed E-state index contributed by atoms with van der Waals surface area (Å²) in [5.41, 5.74) is 0. The van der Waals surface area contributed by atoms with Gasteiger partial charge in [0.15, 0.2) is 11.6 Å². The molecule has 5 heteroatoms. The molecule has 0 radical (unpaired) electrons. The predicted molar refractivity (Wildman–Crippen MR) is 35.0 cm³/mol. The number of halogens is 3. The molecule has 1 N–H and O–H groups in total. The van der Waals surface area contributed by atoms with Crippen molar-refractivity contribution in [3.63, 3.8) is 0 Å². The number of carboxylic acid groups (broad SMARTS) is 1. The van der Waals surface area contributed by atoms with Crippen molar-refractivity contribution in [1.82, 2.24) is 0 Å². The van der Waals surface area contributed by atoms with Gasteiger partial charge in [0, 0.05) is 6.07 Å². The van der Waals surface area contributed by atoms with E-state index >= 15 is 0 Å². The van der Waals surface area contributed by atoms with Gasteiger partial charge in [-0.15, -0.1) is 0 Å². The van der Waals surface area contributed by atoms with Crippen LogP contribution in [0.15, 0.2) is 18.2 Å². The van der Waals surface area contributed by atoms with Crippen LogP contribution in [-0.4, -0.2) is 11.6 Å². The molecule has 2 nitrogen and oxygen atoms in total. The first-order valence-electron chi connectivity index (χ1n) is 2.80. The highest BCUT2D eigenvalue weighted by Gasteiger charge is 1.99. The summed E-state index contributed by atoms with van der Waals surface area (Å²) in [5.74, 6) is -2.96. The first kappa shape index (κ1) is 10.5. The molecule has 0 unspecified atom stereocenters. The van der Waals surface area contributed by atoms with Crippen molar-refractivity contribution >= 4 is 6.47 Å². The normalized spacial score (nSPS) is 8.25. The molecule has 0 bridgehead atoms. The Morgan fingerprint density at radius 3 is 2.00 bits per heavy atom. The van der Waals surface area contributed by atoms with Gasteiger partial charge < -0.3 is 5.11 Å². The van der Waals surface area contributed by atoms with Gasteiger partial charge in [0.25, 0.3) is 6.47 Å². The summed E-state index contributed by atoms with van der Waals surface area (Å²) in [6.45, 7) is -0.250. The van der Waals surface area contributed by atoms with Gasteiger partial charge in [-0.2, -0.15) is 0 Å². The number of hydrogen-bond acceptors (Lipinski definition) is 1. The minimum absolute atomic E-state index is 0.250. The van der Waals surface area contributed by atoms with E-state index in [1.165, 1.54) is 0 Å². The second-order valence-electron chi connectivity index (χ2n) is 1.66. The summed E-state index contributed by atoms with van der Waals surface area (Å²) in [6.07, 6.45) is 0. The second-order valence-corrected chi connectivity index (χ2v) is 1.66. The number of benzene rings is 1. The molecule has 1 rings (SSSR count). The number of rotatable bonds is 0. The third-order valence-corrected chi connectivity index (χ3v) is 0.882. The first-order valence-corrected chi connectivity index (χ1v) is 2.80. The van der Waals surface area contributed by atoms with E-state index in [9.17, 15) is 13.2 Å². The van der Waals surface area contributed by atoms with E-state index in [-0.39, 0.29) is 6.47 Å². The molecule has 0 aromatic heterocycles. The van der Waals surface area contributed by atoms with Gasteiger partial charge in [-0.25, -0.2) is 13.2 Å². The minimum atomic E-state index is -1.16. The van der Waals surface area contributed by atoms with E-state index in [0.29, 0.717) is 6.07 Å². The molecule has 1 aromatic rings. The van der Waals surface area contributed by atoms with Crippen molar-refractivity contribution in [2.75, 3.05) is 0 Å². The van der Waals surface area contributed by atoms with Crippen molar-refractivity contribution < 1.29 is 23.1 Å². The van der Waals surface area contributed by atoms with Crippen LogP contribution in [0, 0.1) is 17.5 Å². The third-order valence-electron chi connectivity index (χ3n) is 0.882. The molecule has 0 saturated heterocycles. The van der Waals surface area contributed by atoms with Crippen molar-refractivity contribution in [3.05, 3.63) is 35.7 Å². The summed E-state index contributed by atoms with van der Waals surface area (Å²) >= 11 is 0. The number of carbonyl (C=O) groups is 1. The molecular formula is C7H5F3O2. The molecule has 0 fully saturated rings. The summed E-state index contributed by atoms with van der Waals surface area (Å²) in [6, 6.07) is 2.10. The van der Waals surface area contributed by atoms with Crippen LogP contribution in [0.5, 0.6) is 0 Å². The Kier molecular flexibility index (Phi) is 4.52. The Bertz CT molecular complexity index is 263. The smallest absolute Gasteiger partial charge is 0.290 e. The lowest BCUT2D eigenvalue weighted by Crippen LogP contribution is -1.83. The van der Waals surface area contributed by atoms with Crippen LogP contribution in [0.3, 0.4) is 0 Å². The molecule has 12 heavy (non-hydrogen) atoms. The summed E-state index contributed by atoms with van der Waals surface area (Å²) < 4.78 is 35.9. The van der Waals surface area contributed by atoms with Crippen LogP contribution in [0.1, 0.15) is 0 Å².